The number of hydrogen-bond donors (Lipinski definition) is 0. The van der Waals surface area contributed by atoms with Gasteiger partial charge in [-0.25, -0.2) is 0 Å². The van der Waals surface area contributed by atoms with Crippen molar-refractivity contribution in [1.29, 1.82) is 0 Å². The zero-order valence-corrected chi connectivity index (χ0v) is 11.2. The van der Waals surface area contributed by atoms with Crippen LogP contribution in [0.5, 0.6) is 0 Å². The van der Waals surface area contributed by atoms with E-state index in [-0.39, 0.29) is 11.6 Å². The number of hydrogen-bond acceptors (Lipinski definition) is 2. The molecule has 2 heteroatoms. The van der Waals surface area contributed by atoms with E-state index in [1.807, 2.05) is 42.5 Å². The van der Waals surface area contributed by atoms with Crippen LogP contribution >= 0.6 is 0 Å². The van der Waals surface area contributed by atoms with Gasteiger partial charge in [-0.15, -0.1) is 0 Å². The molecule has 0 aliphatic carbocycles. The Morgan fingerprint density at radius 2 is 1.58 bits per heavy atom. The van der Waals surface area contributed by atoms with Crippen molar-refractivity contribution in [2.75, 3.05) is 0 Å². The van der Waals surface area contributed by atoms with Crippen LogP contribution in [0.25, 0.3) is 10.8 Å². The summed E-state index contributed by atoms with van der Waals surface area (Å²) in [7, 11) is 0. The van der Waals surface area contributed by atoms with Crippen LogP contribution in [0, 0.1) is 0 Å². The van der Waals surface area contributed by atoms with Gasteiger partial charge in [0.05, 0.1) is 0 Å². The third-order valence-corrected chi connectivity index (χ3v) is 3.25. The zero-order chi connectivity index (χ0) is 13.7. The fourth-order valence-corrected chi connectivity index (χ4v) is 2.17. The molecule has 0 aliphatic heterocycles. The summed E-state index contributed by atoms with van der Waals surface area (Å²) in [4.78, 5) is 22.9. The molecule has 0 radical (unpaired) electrons. The first-order valence-electron chi connectivity index (χ1n) is 6.68. The molecule has 2 nitrogen and oxygen atoms in total. The fourth-order valence-electron chi connectivity index (χ4n) is 2.17. The van der Waals surface area contributed by atoms with Crippen molar-refractivity contribution >= 4 is 22.3 Å². The van der Waals surface area contributed by atoms with Crippen molar-refractivity contribution in [1.82, 2.24) is 0 Å². The van der Waals surface area contributed by atoms with Crippen molar-refractivity contribution in [2.24, 2.45) is 0 Å². The highest BCUT2D eigenvalue weighted by Gasteiger charge is 2.06. The predicted molar refractivity (Wildman–Crippen MR) is 77.4 cm³/mol. The number of Topliss-reactive ketones (excluding diaryl/α,β-unsaturated/α-hetero) is 2. The molecule has 0 bridgehead atoms. The SMILES string of the molecule is CC(=O)CCCCC(=O)c1ccc2ccccc2c1. The van der Waals surface area contributed by atoms with Gasteiger partial charge in [-0.3, -0.25) is 4.79 Å². The van der Waals surface area contributed by atoms with Crippen molar-refractivity contribution in [3.05, 3.63) is 48.0 Å². The normalized spacial score (nSPS) is 10.6. The smallest absolute Gasteiger partial charge is 0.162 e. The number of ketones is 2. The van der Waals surface area contributed by atoms with Crippen LogP contribution < -0.4 is 0 Å². The summed E-state index contributed by atoms with van der Waals surface area (Å²) in [6.45, 7) is 1.59. The van der Waals surface area contributed by atoms with Gasteiger partial charge in [0, 0.05) is 18.4 Å². The van der Waals surface area contributed by atoms with Crippen molar-refractivity contribution in [3.63, 3.8) is 0 Å². The van der Waals surface area contributed by atoms with Crippen molar-refractivity contribution in [2.45, 2.75) is 32.6 Å². The number of unbranched alkanes of at least 4 members (excludes halogenated alkanes) is 1. The van der Waals surface area contributed by atoms with E-state index >= 15 is 0 Å². The highest BCUT2D eigenvalue weighted by Crippen LogP contribution is 2.17. The Kier molecular flexibility index (Phi) is 4.45. The topological polar surface area (TPSA) is 34.1 Å². The van der Waals surface area contributed by atoms with Crippen LogP contribution in [0.2, 0.25) is 0 Å². The maximum absolute atomic E-state index is 12.0. The second-order valence-corrected chi connectivity index (χ2v) is 4.89. The molecule has 0 aromatic heterocycles. The number of fused-ring (bicyclic) bond motifs is 1. The molecule has 19 heavy (non-hydrogen) atoms. The van der Waals surface area contributed by atoms with Gasteiger partial charge in [-0.2, -0.15) is 0 Å². The second kappa shape index (κ2) is 6.28. The zero-order valence-electron chi connectivity index (χ0n) is 11.2. The van der Waals surface area contributed by atoms with E-state index in [9.17, 15) is 9.59 Å². The van der Waals surface area contributed by atoms with Gasteiger partial charge in [0.1, 0.15) is 5.78 Å². The lowest BCUT2D eigenvalue weighted by Crippen LogP contribution is -1.99. The Hall–Kier alpha value is -1.96. The summed E-state index contributed by atoms with van der Waals surface area (Å²) in [6, 6.07) is 13.8. The second-order valence-electron chi connectivity index (χ2n) is 4.89. The molecule has 0 unspecified atom stereocenters. The van der Waals surface area contributed by atoms with Gasteiger partial charge in [0.25, 0.3) is 0 Å². The molecule has 98 valence electrons. The van der Waals surface area contributed by atoms with Gasteiger partial charge < -0.3 is 4.79 Å². The van der Waals surface area contributed by atoms with Gasteiger partial charge >= 0.3 is 0 Å². The molecule has 2 aromatic rings. The van der Waals surface area contributed by atoms with Crippen LogP contribution in [0.4, 0.5) is 0 Å². The van der Waals surface area contributed by atoms with E-state index in [0.717, 1.165) is 29.2 Å². The Labute approximate surface area is 113 Å². The minimum absolute atomic E-state index is 0.161. The van der Waals surface area contributed by atoms with E-state index in [0.29, 0.717) is 12.8 Å². The van der Waals surface area contributed by atoms with Gasteiger partial charge in [-0.1, -0.05) is 36.4 Å². The van der Waals surface area contributed by atoms with Crippen molar-refractivity contribution in [3.8, 4) is 0 Å². The highest BCUT2D eigenvalue weighted by atomic mass is 16.1. The third kappa shape index (κ3) is 3.75. The molecule has 0 N–H and O–H groups in total. The van der Waals surface area contributed by atoms with Crippen molar-refractivity contribution < 1.29 is 9.59 Å². The number of rotatable bonds is 6. The summed E-state index contributed by atoms with van der Waals surface area (Å²) < 4.78 is 0. The number of benzene rings is 2. The summed E-state index contributed by atoms with van der Waals surface area (Å²) in [6.07, 6.45) is 2.68. The Bertz CT molecular complexity index is 599. The molecule has 0 spiro atoms. The van der Waals surface area contributed by atoms with Crippen LogP contribution in [0.15, 0.2) is 42.5 Å². The quantitative estimate of drug-likeness (QED) is 0.572. The van der Waals surface area contributed by atoms with Crippen LogP contribution in [-0.4, -0.2) is 11.6 Å². The summed E-state index contributed by atoms with van der Waals surface area (Å²) in [5.41, 5.74) is 0.765. The minimum atomic E-state index is 0.161. The Morgan fingerprint density at radius 3 is 2.32 bits per heavy atom. The first-order valence-corrected chi connectivity index (χ1v) is 6.68. The largest absolute Gasteiger partial charge is 0.300 e. The fraction of sp³-hybridized carbons (Fsp3) is 0.294. The van der Waals surface area contributed by atoms with Crippen LogP contribution in [-0.2, 0) is 4.79 Å². The molecule has 0 heterocycles. The Morgan fingerprint density at radius 1 is 0.895 bits per heavy atom. The summed E-state index contributed by atoms with van der Waals surface area (Å²) >= 11 is 0. The standard InChI is InChI=1S/C17H18O2/c1-13(18)6-2-5-9-17(19)16-11-10-14-7-3-4-8-15(14)12-16/h3-4,7-8,10-12H,2,5-6,9H2,1H3. The van der Waals surface area contributed by atoms with Gasteiger partial charge in [-0.05, 0) is 36.6 Å². The van der Waals surface area contributed by atoms with E-state index in [1.165, 1.54) is 0 Å². The van der Waals surface area contributed by atoms with Crippen LogP contribution in [0.3, 0.4) is 0 Å². The molecule has 0 saturated carbocycles. The lowest BCUT2D eigenvalue weighted by atomic mass is 10.0. The molecule has 0 saturated heterocycles. The molecule has 0 amide bonds. The van der Waals surface area contributed by atoms with E-state index < -0.39 is 0 Å². The van der Waals surface area contributed by atoms with Crippen LogP contribution in [0.1, 0.15) is 43.0 Å². The highest BCUT2D eigenvalue weighted by molar-refractivity contribution is 5.99. The van der Waals surface area contributed by atoms with E-state index in [1.54, 1.807) is 6.92 Å². The monoisotopic (exact) mass is 254 g/mol. The Balaban J connectivity index is 1.99. The first-order chi connectivity index (χ1) is 9.16. The number of carbonyl (C=O) groups excluding carboxylic acids is 2. The average molecular weight is 254 g/mol. The maximum Gasteiger partial charge on any atom is 0.162 e. The predicted octanol–water partition coefficient (Wildman–Crippen LogP) is 4.17. The summed E-state index contributed by atoms with van der Waals surface area (Å²) in [5.74, 6) is 0.354. The molecule has 2 rings (SSSR count). The average Bonchev–Trinajstić information content (AvgIpc) is 2.42. The minimum Gasteiger partial charge on any atom is -0.300 e. The molecule has 0 fully saturated rings. The molecule has 2 aromatic carbocycles. The van der Waals surface area contributed by atoms with E-state index in [4.69, 9.17) is 0 Å². The molecular formula is C17H18O2. The lowest BCUT2D eigenvalue weighted by molar-refractivity contribution is -0.117. The molecular weight excluding hydrogens is 236 g/mol. The lowest BCUT2D eigenvalue weighted by Gasteiger charge is -2.03. The third-order valence-electron chi connectivity index (χ3n) is 3.25. The van der Waals surface area contributed by atoms with Gasteiger partial charge in [0.15, 0.2) is 5.78 Å². The maximum atomic E-state index is 12.0. The number of carbonyl (C=O) groups is 2. The molecule has 0 atom stereocenters. The molecule has 0 aliphatic rings. The summed E-state index contributed by atoms with van der Waals surface area (Å²) in [5, 5.41) is 2.24. The first kappa shape index (κ1) is 13.5. The van der Waals surface area contributed by atoms with Gasteiger partial charge in [0.2, 0.25) is 0 Å². The van der Waals surface area contributed by atoms with E-state index in [2.05, 4.69) is 0 Å².